The van der Waals surface area contributed by atoms with E-state index in [4.69, 9.17) is 10.5 Å². The highest BCUT2D eigenvalue weighted by molar-refractivity contribution is 9.10. The molecule has 0 aromatic heterocycles. The average molecular weight is 334 g/mol. The van der Waals surface area contributed by atoms with Crippen LogP contribution in [0.2, 0.25) is 0 Å². The smallest absolute Gasteiger partial charge is 0.122 e. The van der Waals surface area contributed by atoms with Crippen LogP contribution < -0.4 is 10.5 Å². The van der Waals surface area contributed by atoms with Gasteiger partial charge in [-0.2, -0.15) is 0 Å². The third-order valence-electron chi connectivity index (χ3n) is 3.58. The fourth-order valence-corrected chi connectivity index (χ4v) is 2.82. The molecule has 0 fully saturated rings. The van der Waals surface area contributed by atoms with E-state index >= 15 is 0 Å². The molecule has 0 saturated heterocycles. The molecule has 2 aromatic rings. The lowest BCUT2D eigenvalue weighted by molar-refractivity contribution is 0.408. The second kappa shape index (κ2) is 6.42. The zero-order valence-corrected chi connectivity index (χ0v) is 13.7. The standard InChI is InChI=1S/C17H20BrNO/c1-11-7-8-17(20-3)13(9-11)10-16(19)14-5-4-6-15(18)12(14)2/h4-9,16H,10,19H2,1-3H3. The lowest BCUT2D eigenvalue weighted by atomic mass is 9.95. The second-order valence-electron chi connectivity index (χ2n) is 5.08. The molecule has 0 heterocycles. The van der Waals surface area contributed by atoms with Gasteiger partial charge in [0.25, 0.3) is 0 Å². The maximum atomic E-state index is 6.39. The average Bonchev–Trinajstić information content (AvgIpc) is 2.42. The van der Waals surface area contributed by atoms with Crippen molar-refractivity contribution in [1.29, 1.82) is 0 Å². The van der Waals surface area contributed by atoms with E-state index < -0.39 is 0 Å². The van der Waals surface area contributed by atoms with Crippen LogP contribution in [0.15, 0.2) is 40.9 Å². The number of hydrogen-bond acceptors (Lipinski definition) is 2. The van der Waals surface area contributed by atoms with E-state index in [0.717, 1.165) is 22.2 Å². The SMILES string of the molecule is COc1ccc(C)cc1CC(N)c1cccc(Br)c1C. The molecule has 20 heavy (non-hydrogen) atoms. The fourth-order valence-electron chi connectivity index (χ4n) is 2.44. The number of aryl methyl sites for hydroxylation is 1. The molecule has 2 nitrogen and oxygen atoms in total. The summed E-state index contributed by atoms with van der Waals surface area (Å²) in [6.45, 7) is 4.17. The topological polar surface area (TPSA) is 35.2 Å². The molecular formula is C17H20BrNO. The summed E-state index contributed by atoms with van der Waals surface area (Å²) in [6, 6.07) is 12.3. The summed E-state index contributed by atoms with van der Waals surface area (Å²) >= 11 is 3.56. The molecule has 0 aliphatic rings. The Morgan fingerprint density at radius 1 is 1.20 bits per heavy atom. The Morgan fingerprint density at radius 2 is 1.95 bits per heavy atom. The first kappa shape index (κ1) is 15.1. The first-order valence-corrected chi connectivity index (χ1v) is 7.46. The van der Waals surface area contributed by atoms with E-state index in [-0.39, 0.29) is 6.04 Å². The minimum Gasteiger partial charge on any atom is -0.496 e. The van der Waals surface area contributed by atoms with Crippen molar-refractivity contribution >= 4 is 15.9 Å². The van der Waals surface area contributed by atoms with Gasteiger partial charge in [0, 0.05) is 10.5 Å². The van der Waals surface area contributed by atoms with Crippen LogP contribution in [0.25, 0.3) is 0 Å². The van der Waals surface area contributed by atoms with Gasteiger partial charge in [-0.25, -0.2) is 0 Å². The summed E-state index contributed by atoms with van der Waals surface area (Å²) in [4.78, 5) is 0. The van der Waals surface area contributed by atoms with E-state index in [9.17, 15) is 0 Å². The van der Waals surface area contributed by atoms with Crippen LogP contribution >= 0.6 is 15.9 Å². The number of halogens is 1. The molecule has 0 bridgehead atoms. The summed E-state index contributed by atoms with van der Waals surface area (Å²) in [5, 5.41) is 0. The summed E-state index contributed by atoms with van der Waals surface area (Å²) in [5.41, 5.74) is 11.1. The van der Waals surface area contributed by atoms with Crippen molar-refractivity contribution in [2.75, 3.05) is 7.11 Å². The van der Waals surface area contributed by atoms with Crippen molar-refractivity contribution in [3.05, 3.63) is 63.1 Å². The molecule has 106 valence electrons. The molecule has 2 aromatic carbocycles. The van der Waals surface area contributed by atoms with Gasteiger partial charge in [0.05, 0.1) is 7.11 Å². The Hall–Kier alpha value is -1.32. The maximum Gasteiger partial charge on any atom is 0.122 e. The third kappa shape index (κ3) is 3.22. The van der Waals surface area contributed by atoms with Crippen molar-refractivity contribution < 1.29 is 4.74 Å². The monoisotopic (exact) mass is 333 g/mol. The predicted octanol–water partition coefficient (Wildman–Crippen LogP) is 4.32. The van der Waals surface area contributed by atoms with Gasteiger partial charge in [0.1, 0.15) is 5.75 Å². The summed E-state index contributed by atoms with van der Waals surface area (Å²) in [7, 11) is 1.70. The zero-order chi connectivity index (χ0) is 14.7. The molecule has 2 rings (SSSR count). The van der Waals surface area contributed by atoms with Crippen LogP contribution in [0.1, 0.15) is 28.3 Å². The van der Waals surface area contributed by atoms with Gasteiger partial charge in [0.2, 0.25) is 0 Å². The van der Waals surface area contributed by atoms with Gasteiger partial charge in [-0.3, -0.25) is 0 Å². The molecule has 0 amide bonds. The van der Waals surface area contributed by atoms with Gasteiger partial charge in [-0.05, 0) is 49.1 Å². The Balaban J connectivity index is 2.30. The zero-order valence-electron chi connectivity index (χ0n) is 12.1. The van der Waals surface area contributed by atoms with Gasteiger partial charge in [0.15, 0.2) is 0 Å². The lowest BCUT2D eigenvalue weighted by Gasteiger charge is -2.18. The first-order chi connectivity index (χ1) is 9.52. The highest BCUT2D eigenvalue weighted by Gasteiger charge is 2.14. The lowest BCUT2D eigenvalue weighted by Crippen LogP contribution is -2.15. The quantitative estimate of drug-likeness (QED) is 0.904. The van der Waals surface area contributed by atoms with Crippen LogP contribution in [0.3, 0.4) is 0 Å². The van der Waals surface area contributed by atoms with Crippen LogP contribution in [0, 0.1) is 13.8 Å². The molecule has 0 aliphatic carbocycles. The Kier molecular flexibility index (Phi) is 4.84. The van der Waals surface area contributed by atoms with E-state index in [2.05, 4.69) is 48.0 Å². The molecule has 0 spiro atoms. The van der Waals surface area contributed by atoms with Crippen LogP contribution in [0.5, 0.6) is 5.75 Å². The number of hydrogen-bond donors (Lipinski definition) is 1. The molecule has 1 unspecified atom stereocenters. The van der Waals surface area contributed by atoms with E-state index in [1.54, 1.807) is 7.11 Å². The van der Waals surface area contributed by atoms with Gasteiger partial charge < -0.3 is 10.5 Å². The van der Waals surface area contributed by atoms with Crippen molar-refractivity contribution in [3.8, 4) is 5.75 Å². The van der Waals surface area contributed by atoms with Crippen LogP contribution in [-0.4, -0.2) is 7.11 Å². The third-order valence-corrected chi connectivity index (χ3v) is 4.44. The van der Waals surface area contributed by atoms with E-state index in [1.807, 2.05) is 18.2 Å². The molecule has 3 heteroatoms. The summed E-state index contributed by atoms with van der Waals surface area (Å²) in [6.07, 6.45) is 0.766. The second-order valence-corrected chi connectivity index (χ2v) is 5.93. The summed E-state index contributed by atoms with van der Waals surface area (Å²) in [5.74, 6) is 0.902. The molecule has 0 radical (unpaired) electrons. The molecule has 0 aliphatic heterocycles. The molecular weight excluding hydrogens is 314 g/mol. The van der Waals surface area contributed by atoms with Gasteiger partial charge in [-0.1, -0.05) is 45.8 Å². The predicted molar refractivity (Wildman–Crippen MR) is 87.2 cm³/mol. The maximum absolute atomic E-state index is 6.39. The first-order valence-electron chi connectivity index (χ1n) is 6.67. The Bertz CT molecular complexity index is 610. The number of rotatable bonds is 4. The van der Waals surface area contributed by atoms with Crippen LogP contribution in [0.4, 0.5) is 0 Å². The van der Waals surface area contributed by atoms with Crippen molar-refractivity contribution in [2.45, 2.75) is 26.3 Å². The van der Waals surface area contributed by atoms with Gasteiger partial charge >= 0.3 is 0 Å². The highest BCUT2D eigenvalue weighted by atomic mass is 79.9. The number of nitrogens with two attached hydrogens (primary N) is 1. The van der Waals surface area contributed by atoms with Crippen molar-refractivity contribution in [3.63, 3.8) is 0 Å². The molecule has 0 saturated carbocycles. The van der Waals surface area contributed by atoms with Crippen molar-refractivity contribution in [1.82, 2.24) is 0 Å². The van der Waals surface area contributed by atoms with Crippen molar-refractivity contribution in [2.24, 2.45) is 5.73 Å². The van der Waals surface area contributed by atoms with E-state index in [1.165, 1.54) is 16.7 Å². The summed E-state index contributed by atoms with van der Waals surface area (Å²) < 4.78 is 6.52. The van der Waals surface area contributed by atoms with E-state index in [0.29, 0.717) is 0 Å². The minimum absolute atomic E-state index is 0.0387. The largest absolute Gasteiger partial charge is 0.496 e. The molecule has 1 atom stereocenters. The molecule has 2 N–H and O–H groups in total. The van der Waals surface area contributed by atoms with Gasteiger partial charge in [-0.15, -0.1) is 0 Å². The number of ether oxygens (including phenoxy) is 1. The number of methoxy groups -OCH3 is 1. The Labute approximate surface area is 129 Å². The number of benzene rings is 2. The highest BCUT2D eigenvalue weighted by Crippen LogP contribution is 2.28. The normalized spacial score (nSPS) is 12.2. The fraction of sp³-hybridized carbons (Fsp3) is 0.294. The Morgan fingerprint density at radius 3 is 2.65 bits per heavy atom. The van der Waals surface area contributed by atoms with Crippen LogP contribution in [-0.2, 0) is 6.42 Å². The minimum atomic E-state index is -0.0387.